The van der Waals surface area contributed by atoms with Crippen molar-refractivity contribution < 1.29 is 17.6 Å². The number of hydrogen-bond donors (Lipinski definition) is 3. The van der Waals surface area contributed by atoms with Crippen molar-refractivity contribution in [2.24, 2.45) is 5.73 Å². The summed E-state index contributed by atoms with van der Waals surface area (Å²) in [6, 6.07) is 7.81. The molecule has 1 aromatic carbocycles. The first-order chi connectivity index (χ1) is 13.7. The lowest BCUT2D eigenvalue weighted by atomic mass is 10.1. The molecule has 4 rings (SSSR count). The lowest BCUT2D eigenvalue weighted by Crippen LogP contribution is -2.20. The number of aromatic nitrogens is 5. The van der Waals surface area contributed by atoms with E-state index >= 15 is 0 Å². The molecule has 0 saturated heterocycles. The van der Waals surface area contributed by atoms with E-state index in [2.05, 4.69) is 20.3 Å². The Morgan fingerprint density at radius 2 is 1.90 bits per heavy atom. The predicted molar refractivity (Wildman–Crippen MR) is 95.3 cm³/mol. The fourth-order valence-electron chi connectivity index (χ4n) is 2.94. The maximum Gasteiger partial charge on any atom is 0.433 e. The first kappa shape index (κ1) is 18.4. The molecule has 9 nitrogen and oxygen atoms in total. The van der Waals surface area contributed by atoms with Crippen molar-refractivity contribution in [3.63, 3.8) is 0 Å². The van der Waals surface area contributed by atoms with Crippen molar-refractivity contribution in [3.05, 3.63) is 58.0 Å². The zero-order chi connectivity index (χ0) is 20.9. The molecule has 29 heavy (non-hydrogen) atoms. The van der Waals surface area contributed by atoms with Crippen LogP contribution in [-0.2, 0) is 6.18 Å². The van der Waals surface area contributed by atoms with Crippen LogP contribution < -0.4 is 11.3 Å². The average molecular weight is 403 g/mol. The van der Waals surface area contributed by atoms with Crippen molar-refractivity contribution in [3.8, 4) is 22.6 Å². The van der Waals surface area contributed by atoms with Crippen LogP contribution in [0.15, 0.2) is 39.5 Å². The summed E-state index contributed by atoms with van der Waals surface area (Å²) in [5.41, 5.74) is 2.98. The number of benzene rings is 1. The average Bonchev–Trinajstić information content (AvgIpc) is 3.27. The number of nitrogens with zero attached hydrogens (tertiary/aromatic N) is 4. The first-order valence-corrected chi connectivity index (χ1v) is 8.14. The minimum atomic E-state index is -4.76. The molecular formula is C17H12F3N7O2. The number of hydrogen-bond acceptors (Lipinski definition) is 6. The third-order valence-corrected chi connectivity index (χ3v) is 4.18. The van der Waals surface area contributed by atoms with Crippen molar-refractivity contribution in [2.75, 3.05) is 0 Å². The highest BCUT2D eigenvalue weighted by atomic mass is 19.4. The highest BCUT2D eigenvalue weighted by molar-refractivity contribution is 5.90. The van der Waals surface area contributed by atoms with Gasteiger partial charge in [-0.2, -0.15) is 17.7 Å². The lowest BCUT2D eigenvalue weighted by Gasteiger charge is -2.07. The second-order valence-electron chi connectivity index (χ2n) is 6.09. The summed E-state index contributed by atoms with van der Waals surface area (Å²) in [7, 11) is 0. The number of H-pyrrole nitrogens is 1. The molecule has 0 amide bonds. The van der Waals surface area contributed by atoms with Gasteiger partial charge in [-0.3, -0.25) is 15.3 Å². The van der Waals surface area contributed by atoms with E-state index in [0.717, 1.165) is 0 Å². The molecule has 0 aliphatic rings. The van der Waals surface area contributed by atoms with Gasteiger partial charge in [-0.1, -0.05) is 30.3 Å². The number of aryl methyl sites for hydroxylation is 1. The summed E-state index contributed by atoms with van der Waals surface area (Å²) in [6.45, 7) is 1.43. The van der Waals surface area contributed by atoms with E-state index in [-0.39, 0.29) is 39.8 Å². The van der Waals surface area contributed by atoms with Crippen molar-refractivity contribution >= 4 is 11.5 Å². The quantitative estimate of drug-likeness (QED) is 0.354. The molecule has 12 heteroatoms. The van der Waals surface area contributed by atoms with Gasteiger partial charge in [0.2, 0.25) is 0 Å². The second-order valence-corrected chi connectivity index (χ2v) is 6.09. The number of nitrogens with two attached hydrogens (primary N) is 1. The molecular weight excluding hydrogens is 391 g/mol. The van der Waals surface area contributed by atoms with E-state index in [4.69, 9.17) is 15.6 Å². The minimum Gasteiger partial charge on any atom is -0.413 e. The van der Waals surface area contributed by atoms with Gasteiger partial charge < -0.3 is 10.2 Å². The topological polar surface area (TPSA) is 139 Å². The van der Waals surface area contributed by atoms with Gasteiger partial charge in [0.15, 0.2) is 11.5 Å². The molecule has 0 unspecified atom stereocenters. The summed E-state index contributed by atoms with van der Waals surface area (Å²) in [5, 5.41) is 16.6. The Labute approximate surface area is 159 Å². The zero-order valence-corrected chi connectivity index (χ0v) is 14.7. The number of halogens is 3. The zero-order valence-electron chi connectivity index (χ0n) is 14.7. The second kappa shape index (κ2) is 6.29. The van der Waals surface area contributed by atoms with Crippen molar-refractivity contribution in [1.82, 2.24) is 24.8 Å². The van der Waals surface area contributed by atoms with Crippen molar-refractivity contribution in [1.29, 1.82) is 5.41 Å². The van der Waals surface area contributed by atoms with Crippen LogP contribution in [0.1, 0.15) is 17.3 Å². The fraction of sp³-hybridized carbons (Fsp3) is 0.118. The summed E-state index contributed by atoms with van der Waals surface area (Å²) in [4.78, 5) is 17.2. The van der Waals surface area contributed by atoms with Crippen LogP contribution in [0, 0.1) is 12.3 Å². The monoisotopic (exact) mass is 403 g/mol. The molecule has 0 fully saturated rings. The van der Waals surface area contributed by atoms with Gasteiger partial charge in [0.05, 0.1) is 11.3 Å². The number of fused-ring (bicyclic) bond motifs is 1. The van der Waals surface area contributed by atoms with Crippen LogP contribution in [0.4, 0.5) is 13.2 Å². The molecule has 0 saturated carbocycles. The van der Waals surface area contributed by atoms with Gasteiger partial charge in [0, 0.05) is 0 Å². The summed E-state index contributed by atoms with van der Waals surface area (Å²) >= 11 is 0. The lowest BCUT2D eigenvalue weighted by molar-refractivity contribution is -0.140. The Balaban J connectivity index is 2.05. The summed E-state index contributed by atoms with van der Waals surface area (Å²) in [5.74, 6) is -1.14. The third kappa shape index (κ3) is 2.94. The normalized spacial score (nSPS) is 11.9. The van der Waals surface area contributed by atoms with E-state index in [0.29, 0.717) is 4.52 Å². The third-order valence-electron chi connectivity index (χ3n) is 4.18. The van der Waals surface area contributed by atoms with E-state index in [1.165, 1.54) is 19.1 Å². The van der Waals surface area contributed by atoms with Gasteiger partial charge >= 0.3 is 6.18 Å². The van der Waals surface area contributed by atoms with E-state index in [9.17, 15) is 18.0 Å². The Morgan fingerprint density at radius 1 is 1.21 bits per heavy atom. The Morgan fingerprint density at radius 3 is 2.48 bits per heavy atom. The van der Waals surface area contributed by atoms with Gasteiger partial charge in [-0.05, 0) is 12.5 Å². The van der Waals surface area contributed by atoms with Crippen LogP contribution in [-0.4, -0.2) is 30.6 Å². The molecule has 148 valence electrons. The van der Waals surface area contributed by atoms with E-state index in [1.54, 1.807) is 18.2 Å². The largest absolute Gasteiger partial charge is 0.433 e. The van der Waals surface area contributed by atoms with Crippen LogP contribution in [0.3, 0.4) is 0 Å². The van der Waals surface area contributed by atoms with Crippen molar-refractivity contribution in [2.45, 2.75) is 13.1 Å². The molecule has 0 bridgehead atoms. The highest BCUT2D eigenvalue weighted by Crippen LogP contribution is 2.38. The maximum absolute atomic E-state index is 13.7. The molecule has 3 heterocycles. The molecule has 4 aromatic rings. The maximum atomic E-state index is 13.7. The van der Waals surface area contributed by atoms with Crippen LogP contribution in [0.2, 0.25) is 0 Å². The number of nitrogen functional groups attached to an aromatic ring is 1. The van der Waals surface area contributed by atoms with Crippen LogP contribution in [0.5, 0.6) is 0 Å². The number of amidine groups is 1. The smallest absolute Gasteiger partial charge is 0.413 e. The molecule has 0 spiro atoms. The molecule has 0 atom stereocenters. The van der Waals surface area contributed by atoms with Gasteiger partial charge in [0.1, 0.15) is 11.3 Å². The Bertz CT molecular complexity index is 1300. The number of nitrogens with one attached hydrogen (secondary N) is 2. The number of aromatic amines is 1. The minimum absolute atomic E-state index is 0.0821. The molecule has 0 aliphatic carbocycles. The molecule has 3 aromatic heterocycles. The SMILES string of the molecule is Cc1nc2c(-c3ccccc3)c(C(F)(F)F)[nH]n2c(=O)c1-c1nnc(C(=N)N)o1. The Kier molecular flexibility index (Phi) is 3.99. The van der Waals surface area contributed by atoms with Gasteiger partial charge in [-0.25, -0.2) is 4.98 Å². The molecule has 0 aliphatic heterocycles. The first-order valence-electron chi connectivity index (χ1n) is 8.14. The Hall–Kier alpha value is -3.96. The summed E-state index contributed by atoms with van der Waals surface area (Å²) < 4.78 is 46.9. The van der Waals surface area contributed by atoms with Crippen LogP contribution in [0.25, 0.3) is 28.2 Å². The molecule has 4 N–H and O–H groups in total. The highest BCUT2D eigenvalue weighted by Gasteiger charge is 2.38. The number of alkyl halides is 3. The fourth-order valence-corrected chi connectivity index (χ4v) is 2.94. The van der Waals surface area contributed by atoms with Crippen LogP contribution >= 0.6 is 0 Å². The summed E-state index contributed by atoms with van der Waals surface area (Å²) in [6.07, 6.45) is -4.76. The van der Waals surface area contributed by atoms with Gasteiger partial charge in [-0.15, -0.1) is 10.2 Å². The van der Waals surface area contributed by atoms with E-state index in [1.807, 2.05) is 0 Å². The predicted octanol–water partition coefficient (Wildman–Crippen LogP) is 2.35. The van der Waals surface area contributed by atoms with E-state index < -0.39 is 23.3 Å². The molecule has 0 radical (unpaired) electrons. The van der Waals surface area contributed by atoms with Gasteiger partial charge in [0.25, 0.3) is 17.3 Å². The number of rotatable bonds is 3. The standard InChI is InChI=1S/C17H12F3N7O2/c1-7-9(14-24-25-15(29-14)12(21)22)16(28)27-13(23-7)10(8-5-3-2-4-6-8)11(26-27)17(18,19)20/h2-6,26H,1H3,(H3,21,22).